The van der Waals surface area contributed by atoms with Gasteiger partial charge in [-0.3, -0.25) is 0 Å². The predicted octanol–water partition coefficient (Wildman–Crippen LogP) is 5.53. The molecule has 2 nitrogen and oxygen atoms in total. The van der Waals surface area contributed by atoms with Crippen molar-refractivity contribution in [2.75, 3.05) is 6.54 Å². The van der Waals surface area contributed by atoms with Gasteiger partial charge in [0.1, 0.15) is 0 Å². The van der Waals surface area contributed by atoms with Crippen LogP contribution in [0, 0.1) is 13.8 Å². The second-order valence-electron chi connectivity index (χ2n) is 7.84. The molecule has 140 valence electrons. The molecule has 0 heterocycles. The monoisotopic (exact) mass is 371 g/mol. The van der Waals surface area contributed by atoms with Crippen LogP contribution in [0.5, 0.6) is 0 Å². The van der Waals surface area contributed by atoms with Gasteiger partial charge >= 0.3 is 0 Å². The lowest BCUT2D eigenvalue weighted by Gasteiger charge is -2.40. The van der Waals surface area contributed by atoms with E-state index in [9.17, 15) is 5.11 Å². The van der Waals surface area contributed by atoms with Crippen molar-refractivity contribution in [2.45, 2.75) is 64.0 Å². The Kier molecular flexibility index (Phi) is 6.39. The fraction of sp³-hybridized carbons (Fsp3) is 0.478. The van der Waals surface area contributed by atoms with Crippen LogP contribution in [0.1, 0.15) is 60.3 Å². The lowest BCUT2D eigenvalue weighted by Crippen LogP contribution is -2.43. The summed E-state index contributed by atoms with van der Waals surface area (Å²) < 4.78 is 0. The molecule has 0 saturated heterocycles. The highest BCUT2D eigenvalue weighted by molar-refractivity contribution is 6.31. The van der Waals surface area contributed by atoms with Crippen molar-refractivity contribution in [3.05, 3.63) is 69.7 Å². The smallest absolute Gasteiger partial charge is 0.0728 e. The van der Waals surface area contributed by atoms with Gasteiger partial charge in [-0.15, -0.1) is 0 Å². The number of hydrogen-bond donors (Lipinski definition) is 2. The minimum Gasteiger partial charge on any atom is -0.389 e. The van der Waals surface area contributed by atoms with Gasteiger partial charge in [-0.05, 0) is 49.4 Å². The highest BCUT2D eigenvalue weighted by atomic mass is 35.5. The number of aryl methyl sites for hydroxylation is 2. The molecule has 1 saturated carbocycles. The van der Waals surface area contributed by atoms with Gasteiger partial charge in [-0.2, -0.15) is 0 Å². The van der Waals surface area contributed by atoms with Crippen molar-refractivity contribution in [2.24, 2.45) is 0 Å². The van der Waals surface area contributed by atoms with E-state index in [2.05, 4.69) is 48.6 Å². The highest BCUT2D eigenvalue weighted by Crippen LogP contribution is 2.40. The molecule has 0 aliphatic heterocycles. The first-order chi connectivity index (χ1) is 12.5. The van der Waals surface area contributed by atoms with Crippen LogP contribution in [0.3, 0.4) is 0 Å². The molecular formula is C23H30ClNO. The van der Waals surface area contributed by atoms with E-state index >= 15 is 0 Å². The number of hydrogen-bond acceptors (Lipinski definition) is 2. The Morgan fingerprint density at radius 1 is 1.04 bits per heavy atom. The maximum atomic E-state index is 11.4. The van der Waals surface area contributed by atoms with Gasteiger partial charge in [0.05, 0.1) is 5.60 Å². The van der Waals surface area contributed by atoms with Gasteiger partial charge in [-0.25, -0.2) is 0 Å². The average molecular weight is 372 g/mol. The molecule has 0 radical (unpaired) electrons. The zero-order valence-corrected chi connectivity index (χ0v) is 16.6. The molecule has 26 heavy (non-hydrogen) atoms. The van der Waals surface area contributed by atoms with E-state index in [-0.39, 0.29) is 5.92 Å². The van der Waals surface area contributed by atoms with Gasteiger partial charge in [0, 0.05) is 24.0 Å². The van der Waals surface area contributed by atoms with Gasteiger partial charge in [0.25, 0.3) is 0 Å². The van der Waals surface area contributed by atoms with Crippen LogP contribution in [0.2, 0.25) is 5.02 Å². The van der Waals surface area contributed by atoms with Crippen LogP contribution in [0.15, 0.2) is 42.5 Å². The Hall–Kier alpha value is -1.35. The Balaban J connectivity index is 1.76. The highest BCUT2D eigenvalue weighted by Gasteiger charge is 2.38. The molecule has 3 heteroatoms. The molecule has 0 amide bonds. The quantitative estimate of drug-likeness (QED) is 0.700. The van der Waals surface area contributed by atoms with Gasteiger partial charge in [-0.1, -0.05) is 72.8 Å². The summed E-state index contributed by atoms with van der Waals surface area (Å²) in [6.07, 6.45) is 5.21. The van der Waals surface area contributed by atoms with E-state index in [1.165, 1.54) is 23.1 Å². The molecule has 0 spiro atoms. The summed E-state index contributed by atoms with van der Waals surface area (Å²) >= 11 is 6.22. The van der Waals surface area contributed by atoms with Gasteiger partial charge in [0.15, 0.2) is 0 Å². The molecule has 1 aliphatic rings. The maximum Gasteiger partial charge on any atom is 0.0728 e. The van der Waals surface area contributed by atoms with Crippen LogP contribution in [0.25, 0.3) is 0 Å². The summed E-state index contributed by atoms with van der Waals surface area (Å²) in [4.78, 5) is 0. The van der Waals surface area contributed by atoms with E-state index in [1.54, 1.807) is 0 Å². The molecule has 0 bridgehead atoms. The lowest BCUT2D eigenvalue weighted by atomic mass is 9.72. The van der Waals surface area contributed by atoms with E-state index in [4.69, 9.17) is 11.6 Å². The third-order valence-electron chi connectivity index (χ3n) is 5.75. The molecular weight excluding hydrogens is 342 g/mol. The number of aliphatic hydroxyl groups is 1. The first kappa shape index (κ1) is 19.4. The molecule has 0 aromatic heterocycles. The van der Waals surface area contributed by atoms with Crippen molar-refractivity contribution < 1.29 is 5.11 Å². The molecule has 1 fully saturated rings. The van der Waals surface area contributed by atoms with Crippen molar-refractivity contribution in [1.82, 2.24) is 5.32 Å². The Bertz CT molecular complexity index is 719. The normalized spacial score (nSPS) is 17.8. The van der Waals surface area contributed by atoms with E-state index in [1.807, 2.05) is 13.0 Å². The zero-order valence-electron chi connectivity index (χ0n) is 15.9. The summed E-state index contributed by atoms with van der Waals surface area (Å²) in [5.41, 5.74) is 4.19. The molecule has 2 aromatic carbocycles. The van der Waals surface area contributed by atoms with Crippen molar-refractivity contribution in [3.8, 4) is 0 Å². The van der Waals surface area contributed by atoms with Crippen LogP contribution < -0.4 is 5.32 Å². The van der Waals surface area contributed by atoms with Crippen molar-refractivity contribution in [3.63, 3.8) is 0 Å². The minimum absolute atomic E-state index is 0.0872. The van der Waals surface area contributed by atoms with E-state index in [0.29, 0.717) is 0 Å². The summed E-state index contributed by atoms with van der Waals surface area (Å²) in [6, 6.07) is 14.8. The fourth-order valence-electron chi connectivity index (χ4n) is 4.08. The second kappa shape index (κ2) is 8.56. The van der Waals surface area contributed by atoms with Crippen molar-refractivity contribution in [1.29, 1.82) is 0 Å². The van der Waals surface area contributed by atoms with Crippen molar-refractivity contribution >= 4 is 11.6 Å². The molecule has 2 N–H and O–H groups in total. The number of rotatable bonds is 6. The molecule has 2 aromatic rings. The molecule has 1 aliphatic carbocycles. The standard InChI is InChI=1S/C23H30ClNO/c1-17-6-8-19(9-7-17)15-25-16-21(23(26)12-4-3-5-13-23)20-10-11-22(24)18(2)14-20/h6-11,14,21,25-26H,3-5,12-13,15-16H2,1-2H3. The second-order valence-corrected chi connectivity index (χ2v) is 8.25. The summed E-state index contributed by atoms with van der Waals surface area (Å²) in [5.74, 6) is 0.0872. The summed E-state index contributed by atoms with van der Waals surface area (Å²) in [5, 5.41) is 15.8. The zero-order chi connectivity index (χ0) is 18.6. The Morgan fingerprint density at radius 3 is 2.38 bits per heavy atom. The topological polar surface area (TPSA) is 32.3 Å². The fourth-order valence-corrected chi connectivity index (χ4v) is 4.20. The summed E-state index contributed by atoms with van der Waals surface area (Å²) in [6.45, 7) is 5.73. The number of nitrogens with one attached hydrogen (secondary N) is 1. The van der Waals surface area contributed by atoms with Crippen LogP contribution in [-0.4, -0.2) is 17.3 Å². The predicted molar refractivity (Wildman–Crippen MR) is 110 cm³/mol. The van der Waals surface area contributed by atoms with Crippen LogP contribution in [-0.2, 0) is 6.54 Å². The minimum atomic E-state index is -0.626. The Morgan fingerprint density at radius 2 is 1.73 bits per heavy atom. The largest absolute Gasteiger partial charge is 0.389 e. The first-order valence-electron chi connectivity index (χ1n) is 9.73. The van der Waals surface area contributed by atoms with Crippen LogP contribution >= 0.6 is 11.6 Å². The number of benzene rings is 2. The average Bonchev–Trinajstić information content (AvgIpc) is 2.63. The molecule has 3 rings (SSSR count). The van der Waals surface area contributed by atoms with E-state index in [0.717, 1.165) is 49.4 Å². The van der Waals surface area contributed by atoms with Gasteiger partial charge in [0.2, 0.25) is 0 Å². The molecule has 1 atom stereocenters. The third kappa shape index (κ3) is 4.68. The lowest BCUT2D eigenvalue weighted by molar-refractivity contribution is -0.0216. The van der Waals surface area contributed by atoms with E-state index < -0.39 is 5.60 Å². The Labute approximate surface area is 162 Å². The SMILES string of the molecule is Cc1ccc(CNCC(c2ccc(Cl)c(C)c2)C2(O)CCCCC2)cc1. The number of halogens is 1. The first-order valence-corrected chi connectivity index (χ1v) is 10.1. The summed E-state index contributed by atoms with van der Waals surface area (Å²) in [7, 11) is 0. The third-order valence-corrected chi connectivity index (χ3v) is 6.17. The molecule has 1 unspecified atom stereocenters. The maximum absolute atomic E-state index is 11.4. The van der Waals surface area contributed by atoms with Gasteiger partial charge < -0.3 is 10.4 Å². The van der Waals surface area contributed by atoms with Crippen LogP contribution in [0.4, 0.5) is 0 Å².